The number of carbonyl (C=O) groups is 1. The molecule has 4 nitrogen and oxygen atoms in total. The molecule has 2 aromatic carbocycles. The Balaban J connectivity index is 2.29. The summed E-state index contributed by atoms with van der Waals surface area (Å²) in [5, 5.41) is 12.5. The second-order valence-electron chi connectivity index (χ2n) is 4.65. The first-order valence-corrected chi connectivity index (χ1v) is 8.50. The fourth-order valence-electron chi connectivity index (χ4n) is 1.94. The zero-order valence-electron chi connectivity index (χ0n) is 12.4. The largest absolute Gasteiger partial charge is 0.494 e. The van der Waals surface area contributed by atoms with Gasteiger partial charge in [0.1, 0.15) is 11.6 Å². The lowest BCUT2D eigenvalue weighted by molar-refractivity contribution is -0.112. The third-order valence-corrected chi connectivity index (χ3v) is 4.22. The van der Waals surface area contributed by atoms with Gasteiger partial charge >= 0.3 is 0 Å². The Hall–Kier alpha value is -1.75. The van der Waals surface area contributed by atoms with Crippen molar-refractivity contribution in [3.05, 3.63) is 61.2 Å². The maximum atomic E-state index is 12.3. The molecule has 0 aliphatic heterocycles. The number of nitrogens with zero attached hydrogens (tertiary/aromatic N) is 1. The normalized spacial score (nSPS) is 10.9. The Morgan fingerprint density at radius 3 is 2.50 bits per heavy atom. The number of hydrogen-bond donors (Lipinski definition) is 1. The summed E-state index contributed by atoms with van der Waals surface area (Å²) in [6.45, 7) is 0. The van der Waals surface area contributed by atoms with E-state index in [0.29, 0.717) is 27.0 Å². The second kappa shape index (κ2) is 8.38. The fraction of sp³-hybridized carbons (Fsp3) is 0.0588. The predicted octanol–water partition coefficient (Wildman–Crippen LogP) is 5.15. The number of methoxy groups -OCH3 is 1. The number of ether oxygens (including phenoxy) is 1. The number of halogens is 3. The minimum atomic E-state index is -0.512. The summed E-state index contributed by atoms with van der Waals surface area (Å²) < 4.78 is 6.04. The van der Waals surface area contributed by atoms with Crippen molar-refractivity contribution in [1.29, 1.82) is 5.26 Å². The third kappa shape index (κ3) is 4.63. The lowest BCUT2D eigenvalue weighted by atomic mass is 10.1. The first-order chi connectivity index (χ1) is 11.4. The van der Waals surface area contributed by atoms with Gasteiger partial charge in [-0.1, -0.05) is 29.3 Å². The number of hydrogen-bond acceptors (Lipinski definition) is 3. The van der Waals surface area contributed by atoms with Crippen molar-refractivity contribution < 1.29 is 9.53 Å². The summed E-state index contributed by atoms with van der Waals surface area (Å²) in [6.07, 6.45) is 1.42. The van der Waals surface area contributed by atoms with E-state index in [2.05, 4.69) is 27.9 Å². The molecule has 0 saturated heterocycles. The van der Waals surface area contributed by atoms with E-state index >= 15 is 0 Å². The number of nitrogens with one attached hydrogen (secondary N) is 1. The Bertz CT molecular complexity index is 837. The van der Waals surface area contributed by atoms with Gasteiger partial charge in [-0.25, -0.2) is 0 Å². The number of rotatable bonds is 4. The van der Waals surface area contributed by atoms with Gasteiger partial charge in [-0.3, -0.25) is 4.79 Å². The summed E-state index contributed by atoms with van der Waals surface area (Å²) in [6, 6.07) is 12.3. The highest BCUT2D eigenvalue weighted by Gasteiger charge is 2.12. The standard InChI is InChI=1S/C17H11Cl2IN2O2/c1-24-16-14(18)6-10(7-15(16)19)5-11(9-21)17(23)22-13-4-2-3-12(20)8-13/h2-8H,1H3,(H,22,23)/b11-5+. The summed E-state index contributed by atoms with van der Waals surface area (Å²) in [7, 11) is 1.46. The van der Waals surface area contributed by atoms with E-state index < -0.39 is 5.91 Å². The van der Waals surface area contributed by atoms with Gasteiger partial charge in [0.05, 0.1) is 17.2 Å². The van der Waals surface area contributed by atoms with Gasteiger partial charge in [0.15, 0.2) is 5.75 Å². The average molecular weight is 473 g/mol. The maximum absolute atomic E-state index is 12.3. The van der Waals surface area contributed by atoms with Crippen LogP contribution in [0.2, 0.25) is 10.0 Å². The molecule has 24 heavy (non-hydrogen) atoms. The minimum absolute atomic E-state index is 0.0637. The van der Waals surface area contributed by atoms with E-state index in [1.54, 1.807) is 24.3 Å². The van der Waals surface area contributed by atoms with Crippen molar-refractivity contribution in [3.63, 3.8) is 0 Å². The number of anilines is 1. The first kappa shape index (κ1) is 18.6. The van der Waals surface area contributed by atoms with E-state index in [1.165, 1.54) is 13.2 Å². The highest BCUT2D eigenvalue weighted by Crippen LogP contribution is 2.34. The molecule has 0 aliphatic carbocycles. The Morgan fingerprint density at radius 1 is 1.29 bits per heavy atom. The SMILES string of the molecule is COc1c(Cl)cc(/C=C(\C#N)C(=O)Nc2cccc(I)c2)cc1Cl. The molecule has 0 radical (unpaired) electrons. The van der Waals surface area contributed by atoms with Crippen LogP contribution in [0.15, 0.2) is 42.0 Å². The molecule has 0 heterocycles. The van der Waals surface area contributed by atoms with E-state index in [9.17, 15) is 10.1 Å². The summed E-state index contributed by atoms with van der Waals surface area (Å²) >= 11 is 14.3. The van der Waals surface area contributed by atoms with Crippen LogP contribution in [0.25, 0.3) is 6.08 Å². The van der Waals surface area contributed by atoms with Gasteiger partial charge in [0, 0.05) is 9.26 Å². The molecule has 0 aliphatic rings. The van der Waals surface area contributed by atoms with Gasteiger partial charge in [0.2, 0.25) is 0 Å². The Kier molecular flexibility index (Phi) is 6.49. The number of benzene rings is 2. The van der Waals surface area contributed by atoms with Gasteiger partial charge in [-0.05, 0) is 64.6 Å². The maximum Gasteiger partial charge on any atom is 0.266 e. The summed E-state index contributed by atoms with van der Waals surface area (Å²) in [5.41, 5.74) is 1.07. The van der Waals surface area contributed by atoms with Crippen molar-refractivity contribution in [2.45, 2.75) is 0 Å². The molecule has 1 N–H and O–H groups in total. The van der Waals surface area contributed by atoms with Gasteiger partial charge < -0.3 is 10.1 Å². The number of carbonyl (C=O) groups excluding carboxylic acids is 1. The van der Waals surface area contributed by atoms with Crippen LogP contribution in [-0.4, -0.2) is 13.0 Å². The molecular formula is C17H11Cl2IN2O2. The topological polar surface area (TPSA) is 62.1 Å². The molecule has 0 saturated carbocycles. The smallest absolute Gasteiger partial charge is 0.266 e. The molecule has 7 heteroatoms. The van der Waals surface area contributed by atoms with E-state index in [1.807, 2.05) is 18.2 Å². The lowest BCUT2D eigenvalue weighted by Gasteiger charge is -2.07. The zero-order chi connectivity index (χ0) is 17.7. The lowest BCUT2D eigenvalue weighted by Crippen LogP contribution is -2.13. The minimum Gasteiger partial charge on any atom is -0.494 e. The van der Waals surface area contributed by atoms with Gasteiger partial charge in [-0.2, -0.15) is 5.26 Å². The van der Waals surface area contributed by atoms with Crippen molar-refractivity contribution in [2.24, 2.45) is 0 Å². The molecule has 0 aromatic heterocycles. The van der Waals surface area contributed by atoms with Crippen molar-refractivity contribution >= 4 is 63.5 Å². The molecule has 122 valence electrons. The summed E-state index contributed by atoms with van der Waals surface area (Å²) in [5.74, 6) is -0.167. The quantitative estimate of drug-likeness (QED) is 0.380. The van der Waals surface area contributed by atoms with E-state index in [4.69, 9.17) is 27.9 Å². The molecule has 0 bridgehead atoms. The molecule has 1 amide bonds. The van der Waals surface area contributed by atoms with Crippen molar-refractivity contribution in [2.75, 3.05) is 12.4 Å². The van der Waals surface area contributed by atoms with Crippen LogP contribution < -0.4 is 10.1 Å². The van der Waals surface area contributed by atoms with Crippen LogP contribution in [0.5, 0.6) is 5.75 Å². The first-order valence-electron chi connectivity index (χ1n) is 6.66. The second-order valence-corrected chi connectivity index (χ2v) is 6.71. The predicted molar refractivity (Wildman–Crippen MR) is 104 cm³/mol. The molecule has 0 atom stereocenters. The van der Waals surface area contributed by atoms with Crippen molar-refractivity contribution in [1.82, 2.24) is 0 Å². The molecular weight excluding hydrogens is 462 g/mol. The number of amides is 1. The van der Waals surface area contributed by atoms with Crippen LogP contribution in [0.3, 0.4) is 0 Å². The zero-order valence-corrected chi connectivity index (χ0v) is 16.1. The third-order valence-electron chi connectivity index (χ3n) is 2.98. The monoisotopic (exact) mass is 472 g/mol. The Labute approximate surface area is 163 Å². The van der Waals surface area contributed by atoms with Gasteiger partial charge in [0.25, 0.3) is 5.91 Å². The van der Waals surface area contributed by atoms with Crippen LogP contribution in [-0.2, 0) is 4.79 Å². The molecule has 0 unspecified atom stereocenters. The van der Waals surface area contributed by atoms with Crippen molar-refractivity contribution in [3.8, 4) is 11.8 Å². The van der Waals surface area contributed by atoms with Crippen LogP contribution in [0, 0.1) is 14.9 Å². The highest BCUT2D eigenvalue weighted by molar-refractivity contribution is 14.1. The van der Waals surface area contributed by atoms with Crippen LogP contribution in [0.4, 0.5) is 5.69 Å². The van der Waals surface area contributed by atoms with E-state index in [0.717, 1.165) is 3.57 Å². The molecule has 0 fully saturated rings. The highest BCUT2D eigenvalue weighted by atomic mass is 127. The fourth-order valence-corrected chi connectivity index (χ4v) is 3.14. The summed E-state index contributed by atoms with van der Waals surface area (Å²) in [4.78, 5) is 12.3. The number of nitriles is 1. The molecule has 0 spiro atoms. The van der Waals surface area contributed by atoms with Crippen LogP contribution in [0.1, 0.15) is 5.56 Å². The van der Waals surface area contributed by atoms with Crippen LogP contribution >= 0.6 is 45.8 Å². The average Bonchev–Trinajstić information content (AvgIpc) is 2.52. The molecule has 2 rings (SSSR count). The van der Waals surface area contributed by atoms with Gasteiger partial charge in [-0.15, -0.1) is 0 Å². The molecule has 2 aromatic rings. The van der Waals surface area contributed by atoms with E-state index in [-0.39, 0.29) is 5.57 Å². The Morgan fingerprint density at radius 2 is 1.96 bits per heavy atom.